The quantitative estimate of drug-likeness (QED) is 0.807. The van der Waals surface area contributed by atoms with Crippen molar-refractivity contribution >= 4 is 21.6 Å². The summed E-state index contributed by atoms with van der Waals surface area (Å²) in [5, 5.41) is 2.67. The molecule has 8 heteroatoms. The van der Waals surface area contributed by atoms with Crippen LogP contribution in [0.5, 0.6) is 5.75 Å². The van der Waals surface area contributed by atoms with E-state index in [1.54, 1.807) is 12.1 Å². The minimum atomic E-state index is -4.15. The Bertz CT molecular complexity index is 909. The summed E-state index contributed by atoms with van der Waals surface area (Å²) in [6, 6.07) is 7.59. The molecule has 2 rings (SSSR count). The van der Waals surface area contributed by atoms with Crippen molar-refractivity contribution in [1.29, 1.82) is 0 Å². The van der Waals surface area contributed by atoms with Gasteiger partial charge in [-0.1, -0.05) is 6.07 Å². The third-order valence-corrected chi connectivity index (χ3v) is 5.19. The van der Waals surface area contributed by atoms with Crippen molar-refractivity contribution in [3.8, 4) is 5.75 Å². The minimum Gasteiger partial charge on any atom is -0.495 e. The van der Waals surface area contributed by atoms with Gasteiger partial charge in [0.05, 0.1) is 13.2 Å². The lowest BCUT2D eigenvalue weighted by Gasteiger charge is -2.16. The number of amides is 1. The van der Waals surface area contributed by atoms with Crippen molar-refractivity contribution in [3.63, 3.8) is 0 Å². The zero-order valence-corrected chi connectivity index (χ0v) is 15.8. The molecule has 1 atom stereocenters. The molecule has 0 saturated carbocycles. The number of hydrogen-bond acceptors (Lipinski definition) is 4. The van der Waals surface area contributed by atoms with Crippen LogP contribution in [0.4, 0.5) is 10.1 Å². The van der Waals surface area contributed by atoms with Gasteiger partial charge in [-0.05, 0) is 62.2 Å². The molecule has 0 bridgehead atoms. The van der Waals surface area contributed by atoms with Crippen LogP contribution in [0.2, 0.25) is 0 Å². The molecule has 2 aromatic rings. The van der Waals surface area contributed by atoms with E-state index in [1.165, 1.54) is 20.1 Å². The SMILES string of the molecule is COc1ccc(F)cc1S(=O)(=O)NC(C)C(=O)Nc1cc(C)cc(C)c1. The summed E-state index contributed by atoms with van der Waals surface area (Å²) in [6.45, 7) is 5.19. The van der Waals surface area contributed by atoms with Crippen LogP contribution in [-0.4, -0.2) is 27.5 Å². The van der Waals surface area contributed by atoms with Gasteiger partial charge in [0.15, 0.2) is 0 Å². The maximum absolute atomic E-state index is 13.4. The number of aryl methyl sites for hydroxylation is 2. The number of ether oxygens (including phenoxy) is 1. The van der Waals surface area contributed by atoms with E-state index >= 15 is 0 Å². The highest BCUT2D eigenvalue weighted by Gasteiger charge is 2.25. The molecule has 2 N–H and O–H groups in total. The number of hydrogen-bond donors (Lipinski definition) is 2. The maximum Gasteiger partial charge on any atom is 0.245 e. The van der Waals surface area contributed by atoms with Crippen molar-refractivity contribution in [2.45, 2.75) is 31.7 Å². The summed E-state index contributed by atoms with van der Waals surface area (Å²) in [5.74, 6) is -1.27. The van der Waals surface area contributed by atoms with Gasteiger partial charge in [-0.3, -0.25) is 4.79 Å². The molecule has 140 valence electrons. The highest BCUT2D eigenvalue weighted by atomic mass is 32.2. The molecule has 0 aliphatic carbocycles. The molecular weight excluding hydrogens is 359 g/mol. The number of anilines is 1. The highest BCUT2D eigenvalue weighted by molar-refractivity contribution is 7.89. The predicted octanol–water partition coefficient (Wildman–Crippen LogP) is 2.76. The van der Waals surface area contributed by atoms with Gasteiger partial charge in [0, 0.05) is 5.69 Å². The van der Waals surface area contributed by atoms with E-state index in [0.717, 1.165) is 23.3 Å². The smallest absolute Gasteiger partial charge is 0.245 e. The second-order valence-electron chi connectivity index (χ2n) is 6.00. The Hall–Kier alpha value is -2.45. The first kappa shape index (κ1) is 19.9. The van der Waals surface area contributed by atoms with Gasteiger partial charge in [-0.2, -0.15) is 4.72 Å². The van der Waals surface area contributed by atoms with E-state index < -0.39 is 27.8 Å². The van der Waals surface area contributed by atoms with Crippen molar-refractivity contribution < 1.29 is 22.3 Å². The van der Waals surface area contributed by atoms with Crippen LogP contribution in [0.25, 0.3) is 0 Å². The van der Waals surface area contributed by atoms with E-state index in [1.807, 2.05) is 19.9 Å². The topological polar surface area (TPSA) is 84.5 Å². The van der Waals surface area contributed by atoms with Crippen LogP contribution in [0.15, 0.2) is 41.3 Å². The van der Waals surface area contributed by atoms with Gasteiger partial charge >= 0.3 is 0 Å². The first-order valence-electron chi connectivity index (χ1n) is 7.87. The molecule has 2 aromatic carbocycles. The molecule has 1 amide bonds. The van der Waals surface area contributed by atoms with Gasteiger partial charge < -0.3 is 10.1 Å². The van der Waals surface area contributed by atoms with Gasteiger partial charge in [0.25, 0.3) is 0 Å². The zero-order chi connectivity index (χ0) is 19.5. The maximum atomic E-state index is 13.4. The number of rotatable bonds is 6. The van der Waals surface area contributed by atoms with E-state index in [9.17, 15) is 17.6 Å². The fourth-order valence-corrected chi connectivity index (χ4v) is 3.89. The molecule has 26 heavy (non-hydrogen) atoms. The number of halogens is 1. The molecule has 0 aromatic heterocycles. The van der Waals surface area contributed by atoms with E-state index in [4.69, 9.17) is 4.74 Å². The van der Waals surface area contributed by atoms with E-state index in [-0.39, 0.29) is 10.6 Å². The van der Waals surface area contributed by atoms with Crippen molar-refractivity contribution in [3.05, 3.63) is 53.3 Å². The zero-order valence-electron chi connectivity index (χ0n) is 15.0. The summed E-state index contributed by atoms with van der Waals surface area (Å²) in [5.41, 5.74) is 2.51. The molecule has 0 fully saturated rings. The average Bonchev–Trinajstić information content (AvgIpc) is 2.53. The van der Waals surface area contributed by atoms with Gasteiger partial charge in [-0.25, -0.2) is 12.8 Å². The molecule has 1 unspecified atom stereocenters. The number of sulfonamides is 1. The number of methoxy groups -OCH3 is 1. The molecule has 0 heterocycles. The van der Waals surface area contributed by atoms with Crippen molar-refractivity contribution in [2.75, 3.05) is 12.4 Å². The normalized spacial score (nSPS) is 12.5. The molecule has 6 nitrogen and oxygen atoms in total. The number of carbonyl (C=O) groups is 1. The van der Waals surface area contributed by atoms with Gasteiger partial charge in [0.1, 0.15) is 16.5 Å². The third kappa shape index (κ3) is 4.80. The van der Waals surface area contributed by atoms with Gasteiger partial charge in [0.2, 0.25) is 15.9 Å². The Morgan fingerprint density at radius 2 is 1.73 bits per heavy atom. The van der Waals surface area contributed by atoms with Gasteiger partial charge in [-0.15, -0.1) is 0 Å². The standard InChI is InChI=1S/C18H21FN2O4S/c1-11-7-12(2)9-15(8-11)20-18(22)13(3)21-26(23,24)17-10-14(19)5-6-16(17)25-4/h5-10,13,21H,1-4H3,(H,20,22). The fraction of sp³-hybridized carbons (Fsp3) is 0.278. The van der Waals surface area contributed by atoms with Crippen LogP contribution in [-0.2, 0) is 14.8 Å². The molecule has 0 aliphatic heterocycles. The second-order valence-corrected chi connectivity index (χ2v) is 7.69. The first-order valence-corrected chi connectivity index (χ1v) is 9.36. The lowest BCUT2D eigenvalue weighted by molar-refractivity contribution is -0.117. The summed E-state index contributed by atoms with van der Waals surface area (Å²) in [7, 11) is -2.87. The summed E-state index contributed by atoms with van der Waals surface area (Å²) < 4.78 is 45.7. The van der Waals surface area contributed by atoms with Crippen LogP contribution in [0.3, 0.4) is 0 Å². The fourth-order valence-electron chi connectivity index (χ4n) is 2.51. The number of nitrogens with one attached hydrogen (secondary N) is 2. The van der Waals surface area contributed by atoms with Crippen molar-refractivity contribution in [2.24, 2.45) is 0 Å². The Morgan fingerprint density at radius 1 is 1.12 bits per heavy atom. The van der Waals surface area contributed by atoms with Crippen LogP contribution >= 0.6 is 0 Å². The summed E-state index contributed by atoms with van der Waals surface area (Å²) in [4.78, 5) is 12.0. The van der Waals surface area contributed by atoms with E-state index in [0.29, 0.717) is 5.69 Å². The Morgan fingerprint density at radius 3 is 2.31 bits per heavy atom. The number of carbonyl (C=O) groups excluding carboxylic acids is 1. The largest absolute Gasteiger partial charge is 0.495 e. The van der Waals surface area contributed by atoms with Crippen LogP contribution in [0, 0.1) is 19.7 Å². The average molecular weight is 380 g/mol. The number of benzene rings is 2. The molecule has 0 aliphatic rings. The lowest BCUT2D eigenvalue weighted by atomic mass is 10.1. The van der Waals surface area contributed by atoms with E-state index in [2.05, 4.69) is 10.0 Å². The Balaban J connectivity index is 2.18. The third-order valence-electron chi connectivity index (χ3n) is 3.63. The van der Waals surface area contributed by atoms with Crippen LogP contribution in [0.1, 0.15) is 18.1 Å². The Kier molecular flexibility index (Phi) is 5.99. The molecule has 0 spiro atoms. The first-order chi connectivity index (χ1) is 12.1. The summed E-state index contributed by atoms with van der Waals surface area (Å²) in [6.07, 6.45) is 0. The second kappa shape index (κ2) is 7.84. The molecule has 0 radical (unpaired) electrons. The lowest BCUT2D eigenvalue weighted by Crippen LogP contribution is -2.41. The highest BCUT2D eigenvalue weighted by Crippen LogP contribution is 2.24. The molecule has 0 saturated heterocycles. The van der Waals surface area contributed by atoms with Crippen LogP contribution < -0.4 is 14.8 Å². The summed E-state index contributed by atoms with van der Waals surface area (Å²) >= 11 is 0. The minimum absolute atomic E-state index is 0.0131. The molecular formula is C18H21FN2O4S. The Labute approximate surface area is 152 Å². The van der Waals surface area contributed by atoms with Crippen molar-refractivity contribution in [1.82, 2.24) is 4.72 Å². The predicted molar refractivity (Wildman–Crippen MR) is 97.3 cm³/mol. The monoisotopic (exact) mass is 380 g/mol.